The number of benzene rings is 2. The lowest BCUT2D eigenvalue weighted by molar-refractivity contribution is 0.0955. The zero-order chi connectivity index (χ0) is 15.8. The molecule has 0 aromatic heterocycles. The van der Waals surface area contributed by atoms with Crippen LogP contribution in [-0.4, -0.2) is 18.7 Å². The number of hydrogen-bond acceptors (Lipinski definition) is 3. The summed E-state index contributed by atoms with van der Waals surface area (Å²) in [6, 6.07) is 15.0. The smallest absolute Gasteiger partial charge is 0.271 e. The summed E-state index contributed by atoms with van der Waals surface area (Å²) in [4.78, 5) is 12.0. The fourth-order valence-corrected chi connectivity index (χ4v) is 1.94. The van der Waals surface area contributed by atoms with E-state index >= 15 is 0 Å². The normalized spacial score (nSPS) is 10.6. The fraction of sp³-hybridized carbons (Fsp3) is 0.222. The van der Waals surface area contributed by atoms with Gasteiger partial charge in [-0.15, -0.1) is 0 Å². The molecule has 2 aromatic carbocycles. The van der Waals surface area contributed by atoms with E-state index in [0.29, 0.717) is 12.2 Å². The summed E-state index contributed by atoms with van der Waals surface area (Å²) in [5, 5.41) is 4.01. The van der Waals surface area contributed by atoms with Gasteiger partial charge in [0.2, 0.25) is 0 Å². The van der Waals surface area contributed by atoms with Crippen molar-refractivity contribution in [2.24, 2.45) is 5.10 Å². The molecule has 2 aromatic rings. The minimum Gasteiger partial charge on any atom is -0.493 e. The van der Waals surface area contributed by atoms with Gasteiger partial charge in [-0.25, -0.2) is 5.43 Å². The third-order valence-electron chi connectivity index (χ3n) is 3.03. The van der Waals surface area contributed by atoms with Gasteiger partial charge >= 0.3 is 0 Å². The highest BCUT2D eigenvalue weighted by Gasteiger charge is 2.04. The number of nitrogens with one attached hydrogen (secondary N) is 1. The zero-order valence-corrected chi connectivity index (χ0v) is 12.9. The van der Waals surface area contributed by atoms with Gasteiger partial charge in [-0.05, 0) is 37.6 Å². The van der Waals surface area contributed by atoms with E-state index in [4.69, 9.17) is 4.74 Å². The van der Waals surface area contributed by atoms with Crippen LogP contribution in [0.4, 0.5) is 0 Å². The molecule has 114 valence electrons. The van der Waals surface area contributed by atoms with Crippen molar-refractivity contribution >= 4 is 12.1 Å². The molecule has 4 heteroatoms. The minimum atomic E-state index is -0.230. The summed E-state index contributed by atoms with van der Waals surface area (Å²) in [6.07, 6.45) is 2.54. The van der Waals surface area contributed by atoms with E-state index in [2.05, 4.69) is 17.5 Å². The summed E-state index contributed by atoms with van der Waals surface area (Å²) in [5.74, 6) is 0.532. The zero-order valence-electron chi connectivity index (χ0n) is 12.9. The van der Waals surface area contributed by atoms with Crippen LogP contribution in [0.2, 0.25) is 0 Å². The molecular weight excluding hydrogens is 276 g/mol. The maximum Gasteiger partial charge on any atom is 0.271 e. The summed E-state index contributed by atoms with van der Waals surface area (Å²) in [7, 11) is 0. The number of rotatable bonds is 6. The largest absolute Gasteiger partial charge is 0.493 e. The lowest BCUT2D eigenvalue weighted by atomic mass is 10.1. The lowest BCUT2D eigenvalue weighted by Gasteiger charge is -2.07. The number of nitrogens with zero attached hydrogens (tertiary/aromatic N) is 1. The van der Waals surface area contributed by atoms with Gasteiger partial charge in [-0.3, -0.25) is 4.79 Å². The first-order valence-corrected chi connectivity index (χ1v) is 7.32. The van der Waals surface area contributed by atoms with Gasteiger partial charge in [0, 0.05) is 11.1 Å². The molecule has 0 aliphatic carbocycles. The van der Waals surface area contributed by atoms with Crippen LogP contribution in [0.15, 0.2) is 53.6 Å². The topological polar surface area (TPSA) is 50.7 Å². The van der Waals surface area contributed by atoms with Crippen LogP contribution < -0.4 is 10.2 Å². The molecule has 0 aliphatic heterocycles. The molecule has 0 bridgehead atoms. The standard InChI is InChI=1S/C18H20N2O2/c1-3-11-22-17-10-5-4-8-16(17)13-19-20-18(21)15-9-6-7-14(2)12-15/h4-10,12-13H,3,11H2,1-2H3,(H,20,21)/b19-13-. The van der Waals surface area contributed by atoms with Crippen LogP contribution >= 0.6 is 0 Å². The average Bonchev–Trinajstić information content (AvgIpc) is 2.54. The highest BCUT2D eigenvalue weighted by atomic mass is 16.5. The number of hydrogen-bond donors (Lipinski definition) is 1. The van der Waals surface area contributed by atoms with Crippen molar-refractivity contribution in [3.63, 3.8) is 0 Å². The molecule has 22 heavy (non-hydrogen) atoms. The fourth-order valence-electron chi connectivity index (χ4n) is 1.94. The Kier molecular flexibility index (Phi) is 5.72. The molecule has 0 heterocycles. The Morgan fingerprint density at radius 2 is 2.05 bits per heavy atom. The first-order chi connectivity index (χ1) is 10.7. The number of carbonyl (C=O) groups excluding carboxylic acids is 1. The van der Waals surface area contributed by atoms with Crippen molar-refractivity contribution in [2.75, 3.05) is 6.61 Å². The predicted molar refractivity (Wildman–Crippen MR) is 88.5 cm³/mol. The molecule has 1 amide bonds. The molecule has 0 saturated heterocycles. The minimum absolute atomic E-state index is 0.230. The summed E-state index contributed by atoms with van der Waals surface area (Å²) in [5.41, 5.74) is 4.99. The second kappa shape index (κ2) is 7.98. The van der Waals surface area contributed by atoms with Gasteiger partial charge in [0.15, 0.2) is 0 Å². The van der Waals surface area contributed by atoms with Crippen molar-refractivity contribution in [2.45, 2.75) is 20.3 Å². The molecule has 0 radical (unpaired) electrons. The molecule has 0 spiro atoms. The van der Waals surface area contributed by atoms with E-state index < -0.39 is 0 Å². The first kappa shape index (κ1) is 15.8. The van der Waals surface area contributed by atoms with E-state index in [-0.39, 0.29) is 5.91 Å². The van der Waals surface area contributed by atoms with E-state index in [9.17, 15) is 4.79 Å². The van der Waals surface area contributed by atoms with Crippen LogP contribution in [0, 0.1) is 6.92 Å². The molecular formula is C18H20N2O2. The van der Waals surface area contributed by atoms with Crippen molar-refractivity contribution in [3.8, 4) is 5.75 Å². The van der Waals surface area contributed by atoms with Gasteiger partial charge in [-0.2, -0.15) is 5.10 Å². The van der Waals surface area contributed by atoms with Gasteiger partial charge in [0.05, 0.1) is 12.8 Å². The van der Waals surface area contributed by atoms with Crippen LogP contribution in [0.25, 0.3) is 0 Å². The second-order valence-electron chi connectivity index (χ2n) is 4.95. The van der Waals surface area contributed by atoms with Crippen molar-refractivity contribution < 1.29 is 9.53 Å². The van der Waals surface area contributed by atoms with Crippen molar-refractivity contribution in [1.29, 1.82) is 0 Å². The summed E-state index contributed by atoms with van der Waals surface area (Å²) < 4.78 is 5.64. The quantitative estimate of drug-likeness (QED) is 0.654. The predicted octanol–water partition coefficient (Wildman–Crippen LogP) is 3.55. The Labute approximate surface area is 130 Å². The van der Waals surface area contributed by atoms with E-state index in [1.807, 2.05) is 49.4 Å². The Hall–Kier alpha value is -2.62. The molecule has 0 aliphatic rings. The number of hydrazone groups is 1. The van der Waals surface area contributed by atoms with E-state index in [0.717, 1.165) is 23.3 Å². The Morgan fingerprint density at radius 1 is 1.23 bits per heavy atom. The van der Waals surface area contributed by atoms with Crippen LogP contribution in [0.1, 0.15) is 34.8 Å². The average molecular weight is 296 g/mol. The molecule has 0 unspecified atom stereocenters. The number of carbonyl (C=O) groups is 1. The maximum atomic E-state index is 12.0. The van der Waals surface area contributed by atoms with Crippen molar-refractivity contribution in [1.82, 2.24) is 5.43 Å². The van der Waals surface area contributed by atoms with Gasteiger partial charge in [0.25, 0.3) is 5.91 Å². The number of ether oxygens (including phenoxy) is 1. The molecule has 1 N–H and O–H groups in total. The first-order valence-electron chi connectivity index (χ1n) is 7.32. The Balaban J connectivity index is 2.02. The van der Waals surface area contributed by atoms with Crippen LogP contribution in [-0.2, 0) is 0 Å². The highest BCUT2D eigenvalue weighted by Crippen LogP contribution is 2.15. The third-order valence-corrected chi connectivity index (χ3v) is 3.03. The molecule has 0 fully saturated rings. The number of amides is 1. The maximum absolute atomic E-state index is 12.0. The van der Waals surface area contributed by atoms with Crippen LogP contribution in [0.3, 0.4) is 0 Å². The molecule has 0 saturated carbocycles. The van der Waals surface area contributed by atoms with Gasteiger partial charge < -0.3 is 4.74 Å². The summed E-state index contributed by atoms with van der Waals surface area (Å²) >= 11 is 0. The van der Waals surface area contributed by atoms with E-state index in [1.165, 1.54) is 0 Å². The lowest BCUT2D eigenvalue weighted by Crippen LogP contribution is -2.17. The second-order valence-corrected chi connectivity index (χ2v) is 4.95. The van der Waals surface area contributed by atoms with Crippen LogP contribution in [0.5, 0.6) is 5.75 Å². The SMILES string of the molecule is CCCOc1ccccc1/C=N\NC(=O)c1cccc(C)c1. The van der Waals surface area contributed by atoms with Gasteiger partial charge in [-0.1, -0.05) is 36.8 Å². The van der Waals surface area contributed by atoms with Crippen molar-refractivity contribution in [3.05, 3.63) is 65.2 Å². The molecule has 2 rings (SSSR count). The van der Waals surface area contributed by atoms with E-state index in [1.54, 1.807) is 12.3 Å². The Bertz CT molecular complexity index is 666. The number of para-hydroxylation sites is 1. The molecule has 0 atom stereocenters. The Morgan fingerprint density at radius 3 is 2.82 bits per heavy atom. The number of aryl methyl sites for hydroxylation is 1. The molecule has 4 nitrogen and oxygen atoms in total. The monoisotopic (exact) mass is 296 g/mol. The highest BCUT2D eigenvalue weighted by molar-refractivity contribution is 5.95. The summed E-state index contributed by atoms with van der Waals surface area (Å²) in [6.45, 7) is 4.65. The third kappa shape index (κ3) is 4.45. The van der Waals surface area contributed by atoms with Gasteiger partial charge in [0.1, 0.15) is 5.75 Å².